The maximum atomic E-state index is 11.1. The highest BCUT2D eigenvalue weighted by atomic mass is 16.5. The van der Waals surface area contributed by atoms with Crippen LogP contribution in [-0.4, -0.2) is 35.1 Å². The van der Waals surface area contributed by atoms with E-state index >= 15 is 0 Å². The van der Waals surface area contributed by atoms with Gasteiger partial charge in [-0.25, -0.2) is 4.79 Å². The van der Waals surface area contributed by atoms with Crippen molar-refractivity contribution in [3.63, 3.8) is 0 Å². The van der Waals surface area contributed by atoms with Crippen LogP contribution in [0, 0.1) is 0 Å². The lowest BCUT2D eigenvalue weighted by atomic mass is 10.1. The molecule has 18 heavy (non-hydrogen) atoms. The molecule has 1 amide bonds. The summed E-state index contributed by atoms with van der Waals surface area (Å²) in [6, 6.07) is 7.21. The van der Waals surface area contributed by atoms with E-state index in [0.29, 0.717) is 0 Å². The van der Waals surface area contributed by atoms with Crippen molar-refractivity contribution in [3.8, 4) is 5.75 Å². The number of carboxylic acid groups (broad SMARTS) is 1. The van der Waals surface area contributed by atoms with E-state index in [-0.39, 0.29) is 0 Å². The van der Waals surface area contributed by atoms with Crippen molar-refractivity contribution in [2.45, 2.75) is 26.3 Å². The van der Waals surface area contributed by atoms with Gasteiger partial charge in [0, 0.05) is 0 Å². The lowest BCUT2D eigenvalue weighted by Crippen LogP contribution is -2.41. The van der Waals surface area contributed by atoms with Gasteiger partial charge in [-0.2, -0.15) is 10.1 Å². The Bertz CT molecular complexity index is 433. The minimum Gasteiger partial charge on any atom is -0.497 e. The molecule has 98 valence electrons. The zero-order valence-electron chi connectivity index (χ0n) is 11.0. The normalized spacial score (nSPS) is 11.6. The largest absolute Gasteiger partial charge is 0.497 e. The molecule has 0 fully saturated rings. The van der Waals surface area contributed by atoms with Crippen LogP contribution in [0.4, 0.5) is 4.79 Å². The fraction of sp³-hybridized carbons (Fsp3) is 0.385. The lowest BCUT2D eigenvalue weighted by Gasteiger charge is -2.27. The van der Waals surface area contributed by atoms with E-state index in [2.05, 4.69) is 5.10 Å². The standard InChI is InChI=1S/C13H18N2O3/c1-13(2,3)15(12(16)17)14-9-10-5-7-11(18-4)8-6-10/h5-9H,1-4H3,(H,16,17)/b14-9+. The van der Waals surface area contributed by atoms with Crippen molar-refractivity contribution in [3.05, 3.63) is 29.8 Å². The van der Waals surface area contributed by atoms with Crippen LogP contribution < -0.4 is 4.74 Å². The minimum atomic E-state index is -1.08. The molecule has 1 aromatic rings. The van der Waals surface area contributed by atoms with Crippen molar-refractivity contribution >= 4 is 12.3 Å². The number of nitrogens with zero attached hydrogens (tertiary/aromatic N) is 2. The van der Waals surface area contributed by atoms with Gasteiger partial charge in [-0.1, -0.05) is 0 Å². The van der Waals surface area contributed by atoms with Gasteiger partial charge in [-0.05, 0) is 50.6 Å². The average molecular weight is 250 g/mol. The first-order valence-electron chi connectivity index (χ1n) is 5.56. The van der Waals surface area contributed by atoms with E-state index in [1.807, 2.05) is 12.1 Å². The molecule has 0 atom stereocenters. The van der Waals surface area contributed by atoms with Gasteiger partial charge in [0.05, 0.1) is 18.9 Å². The summed E-state index contributed by atoms with van der Waals surface area (Å²) in [6.07, 6.45) is 0.436. The fourth-order valence-electron chi connectivity index (χ4n) is 1.32. The predicted octanol–water partition coefficient (Wildman–Crippen LogP) is 2.81. The maximum Gasteiger partial charge on any atom is 0.428 e. The topological polar surface area (TPSA) is 62.1 Å². The van der Waals surface area contributed by atoms with Gasteiger partial charge in [0.15, 0.2) is 0 Å². The van der Waals surface area contributed by atoms with Crippen molar-refractivity contribution < 1.29 is 14.6 Å². The molecule has 0 radical (unpaired) electrons. The molecular weight excluding hydrogens is 232 g/mol. The van der Waals surface area contributed by atoms with Crippen LogP contribution in [-0.2, 0) is 0 Å². The highest BCUT2D eigenvalue weighted by Gasteiger charge is 2.25. The van der Waals surface area contributed by atoms with Gasteiger partial charge in [0.2, 0.25) is 0 Å². The van der Waals surface area contributed by atoms with E-state index in [9.17, 15) is 4.79 Å². The average Bonchev–Trinajstić information content (AvgIpc) is 2.28. The summed E-state index contributed by atoms with van der Waals surface area (Å²) in [4.78, 5) is 11.1. The highest BCUT2D eigenvalue weighted by molar-refractivity contribution is 5.81. The molecule has 1 aromatic carbocycles. The number of hydrazone groups is 1. The third kappa shape index (κ3) is 3.76. The van der Waals surface area contributed by atoms with Crippen LogP contribution in [0.15, 0.2) is 29.4 Å². The number of ether oxygens (including phenoxy) is 1. The molecule has 0 aromatic heterocycles. The maximum absolute atomic E-state index is 11.1. The van der Waals surface area contributed by atoms with Crippen molar-refractivity contribution in [1.29, 1.82) is 0 Å². The van der Waals surface area contributed by atoms with Crippen LogP contribution in [0.3, 0.4) is 0 Å². The van der Waals surface area contributed by atoms with E-state index in [1.54, 1.807) is 40.0 Å². The number of carbonyl (C=O) groups is 1. The molecule has 0 saturated carbocycles. The Morgan fingerprint density at radius 2 is 1.89 bits per heavy atom. The van der Waals surface area contributed by atoms with Crippen molar-refractivity contribution in [2.75, 3.05) is 7.11 Å². The highest BCUT2D eigenvalue weighted by Crippen LogP contribution is 2.14. The smallest absolute Gasteiger partial charge is 0.428 e. The Kier molecular flexibility index (Phi) is 4.31. The Morgan fingerprint density at radius 3 is 2.28 bits per heavy atom. The zero-order chi connectivity index (χ0) is 13.8. The Labute approximate surface area is 107 Å². The molecule has 1 rings (SSSR count). The molecule has 5 heteroatoms. The first kappa shape index (κ1) is 14.0. The molecule has 0 unspecified atom stereocenters. The molecule has 1 N–H and O–H groups in total. The quantitative estimate of drug-likeness (QED) is 0.662. The summed E-state index contributed by atoms with van der Waals surface area (Å²) in [5, 5.41) is 14.1. The van der Waals surface area contributed by atoms with Gasteiger partial charge in [0.25, 0.3) is 0 Å². The number of rotatable bonds is 3. The summed E-state index contributed by atoms with van der Waals surface area (Å²) in [5.74, 6) is 0.748. The second-order valence-electron chi connectivity index (χ2n) is 4.78. The van der Waals surface area contributed by atoms with Crippen LogP contribution in [0.5, 0.6) is 5.75 Å². The van der Waals surface area contributed by atoms with Crippen LogP contribution in [0.25, 0.3) is 0 Å². The summed E-state index contributed by atoms with van der Waals surface area (Å²) < 4.78 is 5.04. The number of methoxy groups -OCH3 is 1. The number of hydrogen-bond donors (Lipinski definition) is 1. The molecular formula is C13H18N2O3. The summed E-state index contributed by atoms with van der Waals surface area (Å²) >= 11 is 0. The van der Waals surface area contributed by atoms with Gasteiger partial charge in [-0.15, -0.1) is 0 Å². The Balaban J connectivity index is 2.86. The van der Waals surface area contributed by atoms with Gasteiger partial charge < -0.3 is 9.84 Å². The monoisotopic (exact) mass is 250 g/mol. The van der Waals surface area contributed by atoms with Gasteiger partial charge in [-0.3, -0.25) is 0 Å². The number of hydrogen-bond acceptors (Lipinski definition) is 3. The van der Waals surface area contributed by atoms with E-state index in [1.165, 1.54) is 6.21 Å². The molecule has 0 heterocycles. The van der Waals surface area contributed by atoms with Gasteiger partial charge >= 0.3 is 6.09 Å². The molecule has 0 spiro atoms. The summed E-state index contributed by atoms with van der Waals surface area (Å²) in [5.41, 5.74) is 0.237. The van der Waals surface area contributed by atoms with Crippen LogP contribution >= 0.6 is 0 Å². The predicted molar refractivity (Wildman–Crippen MR) is 70.2 cm³/mol. The first-order valence-corrected chi connectivity index (χ1v) is 5.56. The Hall–Kier alpha value is -2.04. The third-order valence-electron chi connectivity index (χ3n) is 2.25. The molecule has 0 aliphatic carbocycles. The minimum absolute atomic E-state index is 0.575. The molecule has 0 aliphatic heterocycles. The molecule has 5 nitrogen and oxygen atoms in total. The van der Waals surface area contributed by atoms with Gasteiger partial charge in [0.1, 0.15) is 5.75 Å². The number of amides is 1. The van der Waals surface area contributed by atoms with E-state index in [4.69, 9.17) is 9.84 Å². The van der Waals surface area contributed by atoms with Crippen LogP contribution in [0.1, 0.15) is 26.3 Å². The van der Waals surface area contributed by atoms with Crippen LogP contribution in [0.2, 0.25) is 0 Å². The van der Waals surface area contributed by atoms with Crippen molar-refractivity contribution in [2.24, 2.45) is 5.10 Å². The second-order valence-corrected chi connectivity index (χ2v) is 4.78. The SMILES string of the molecule is COc1ccc(/C=N/N(C(=O)O)C(C)(C)C)cc1. The second kappa shape index (κ2) is 5.53. The Morgan fingerprint density at radius 1 is 1.33 bits per heavy atom. The first-order chi connectivity index (χ1) is 8.34. The molecule has 0 saturated heterocycles. The zero-order valence-corrected chi connectivity index (χ0v) is 11.0. The fourth-order valence-corrected chi connectivity index (χ4v) is 1.32. The summed E-state index contributed by atoms with van der Waals surface area (Å²) in [6.45, 7) is 5.35. The summed E-state index contributed by atoms with van der Waals surface area (Å²) in [7, 11) is 1.59. The van der Waals surface area contributed by atoms with E-state index < -0.39 is 11.6 Å². The third-order valence-corrected chi connectivity index (χ3v) is 2.25. The van der Waals surface area contributed by atoms with Crippen molar-refractivity contribution in [1.82, 2.24) is 5.01 Å². The molecule has 0 bridgehead atoms. The molecule has 0 aliphatic rings. The lowest BCUT2D eigenvalue weighted by molar-refractivity contribution is 0.103. The van der Waals surface area contributed by atoms with E-state index in [0.717, 1.165) is 16.3 Å². The number of benzene rings is 1.